The normalized spacial score (nSPS) is 11.2. The Balaban J connectivity index is 2.62. The number of pyridine rings is 1. The van der Waals surface area contributed by atoms with E-state index in [9.17, 15) is 4.79 Å². The van der Waals surface area contributed by atoms with E-state index in [1.807, 2.05) is 25.1 Å². The van der Waals surface area contributed by atoms with Gasteiger partial charge in [-0.05, 0) is 31.6 Å². The molecule has 21 heavy (non-hydrogen) atoms. The third-order valence-electron chi connectivity index (χ3n) is 2.94. The predicted octanol–water partition coefficient (Wildman–Crippen LogP) is 2.12. The van der Waals surface area contributed by atoms with Gasteiger partial charge in [0.05, 0.1) is 13.7 Å². The second-order valence-electron chi connectivity index (χ2n) is 4.28. The van der Waals surface area contributed by atoms with Gasteiger partial charge in [-0.1, -0.05) is 6.07 Å². The van der Waals surface area contributed by atoms with E-state index in [0.29, 0.717) is 17.2 Å². The number of ether oxygens (including phenoxy) is 2. The lowest BCUT2D eigenvalue weighted by Crippen LogP contribution is -2.06. The number of nitriles is 1. The van der Waals surface area contributed by atoms with Crippen molar-refractivity contribution in [3.63, 3.8) is 0 Å². The van der Waals surface area contributed by atoms with Crippen LogP contribution < -0.4 is 4.74 Å². The van der Waals surface area contributed by atoms with Crippen molar-refractivity contribution in [1.82, 2.24) is 9.38 Å². The number of esters is 1. The van der Waals surface area contributed by atoms with E-state index in [-0.39, 0.29) is 12.2 Å². The molecule has 0 aromatic carbocycles. The van der Waals surface area contributed by atoms with Crippen LogP contribution >= 0.6 is 0 Å². The number of methoxy groups -OCH3 is 1. The number of aryl methyl sites for hydroxylation is 1. The van der Waals surface area contributed by atoms with Crippen molar-refractivity contribution in [2.75, 3.05) is 13.7 Å². The summed E-state index contributed by atoms with van der Waals surface area (Å²) in [6, 6.07) is 5.63. The molecule has 0 saturated heterocycles. The molecular formula is C15H15N3O3. The number of imidazole rings is 1. The largest absolute Gasteiger partial charge is 0.479 e. The predicted molar refractivity (Wildman–Crippen MR) is 76.7 cm³/mol. The van der Waals surface area contributed by atoms with Gasteiger partial charge in [-0.2, -0.15) is 10.2 Å². The molecule has 2 aromatic heterocycles. The molecule has 0 spiro atoms. The van der Waals surface area contributed by atoms with E-state index in [0.717, 1.165) is 5.56 Å². The minimum atomic E-state index is -0.662. The zero-order chi connectivity index (χ0) is 15.4. The van der Waals surface area contributed by atoms with Gasteiger partial charge in [0.15, 0.2) is 0 Å². The van der Waals surface area contributed by atoms with Crippen LogP contribution in [0.25, 0.3) is 11.7 Å². The first kappa shape index (κ1) is 14.6. The fourth-order valence-corrected chi connectivity index (χ4v) is 1.97. The Labute approximate surface area is 122 Å². The standard InChI is InChI=1S/C15H15N3O3/c1-4-21-15(19)11(9-16)8-12-14(20-3)17-13-10(2)6-5-7-18(12)13/h5-8H,4H2,1-3H3/b11-8+. The Morgan fingerprint density at radius 2 is 2.33 bits per heavy atom. The Morgan fingerprint density at radius 1 is 1.57 bits per heavy atom. The highest BCUT2D eigenvalue weighted by Gasteiger charge is 2.16. The number of aromatic nitrogens is 2. The molecule has 0 bridgehead atoms. The number of hydrogen-bond acceptors (Lipinski definition) is 5. The van der Waals surface area contributed by atoms with Crippen LogP contribution in [0, 0.1) is 18.3 Å². The molecule has 0 N–H and O–H groups in total. The van der Waals surface area contributed by atoms with Gasteiger partial charge in [-0.3, -0.25) is 4.40 Å². The van der Waals surface area contributed by atoms with E-state index < -0.39 is 5.97 Å². The maximum atomic E-state index is 11.7. The molecule has 0 aliphatic carbocycles. The highest BCUT2D eigenvalue weighted by atomic mass is 16.5. The lowest BCUT2D eigenvalue weighted by Gasteiger charge is -2.02. The third kappa shape index (κ3) is 2.72. The number of hydrogen-bond donors (Lipinski definition) is 0. The number of carbonyl (C=O) groups is 1. The molecule has 0 atom stereocenters. The summed E-state index contributed by atoms with van der Waals surface area (Å²) in [6.45, 7) is 3.82. The van der Waals surface area contributed by atoms with E-state index >= 15 is 0 Å². The first-order valence-corrected chi connectivity index (χ1v) is 6.43. The van der Waals surface area contributed by atoms with Crippen molar-refractivity contribution in [3.05, 3.63) is 35.2 Å². The van der Waals surface area contributed by atoms with Crippen molar-refractivity contribution in [2.24, 2.45) is 0 Å². The first-order chi connectivity index (χ1) is 10.1. The lowest BCUT2D eigenvalue weighted by atomic mass is 10.2. The molecule has 2 rings (SSSR count). The Bertz CT molecular complexity index is 753. The average Bonchev–Trinajstić information content (AvgIpc) is 2.84. The van der Waals surface area contributed by atoms with Gasteiger partial charge in [0, 0.05) is 6.20 Å². The Kier molecular flexibility index (Phi) is 4.24. The molecule has 0 saturated carbocycles. The van der Waals surface area contributed by atoms with Crippen LogP contribution in [0.5, 0.6) is 5.88 Å². The van der Waals surface area contributed by atoms with E-state index in [2.05, 4.69) is 4.98 Å². The number of carbonyl (C=O) groups excluding carboxylic acids is 1. The first-order valence-electron chi connectivity index (χ1n) is 6.43. The molecular weight excluding hydrogens is 270 g/mol. The van der Waals surface area contributed by atoms with Gasteiger partial charge in [0.2, 0.25) is 5.88 Å². The van der Waals surface area contributed by atoms with Gasteiger partial charge >= 0.3 is 5.97 Å². The second kappa shape index (κ2) is 6.09. The zero-order valence-corrected chi connectivity index (χ0v) is 12.1. The molecule has 6 heteroatoms. The summed E-state index contributed by atoms with van der Waals surface area (Å²) in [6.07, 6.45) is 3.22. The summed E-state index contributed by atoms with van der Waals surface area (Å²) >= 11 is 0. The van der Waals surface area contributed by atoms with Crippen LogP contribution in [0.15, 0.2) is 23.9 Å². The maximum Gasteiger partial charge on any atom is 0.348 e. The molecule has 0 radical (unpaired) electrons. The number of rotatable bonds is 4. The molecule has 0 unspecified atom stereocenters. The SMILES string of the molecule is CCOC(=O)/C(C#N)=C/c1c(OC)nc2c(C)cccn12. The summed E-state index contributed by atoms with van der Waals surface area (Å²) < 4.78 is 11.9. The monoisotopic (exact) mass is 285 g/mol. The van der Waals surface area contributed by atoms with Gasteiger partial charge in [0.25, 0.3) is 0 Å². The van der Waals surface area contributed by atoms with Crippen LogP contribution in [0.2, 0.25) is 0 Å². The molecule has 6 nitrogen and oxygen atoms in total. The van der Waals surface area contributed by atoms with Crippen molar-refractivity contribution >= 4 is 17.7 Å². The van der Waals surface area contributed by atoms with E-state index in [1.54, 1.807) is 17.5 Å². The van der Waals surface area contributed by atoms with Gasteiger partial charge < -0.3 is 9.47 Å². The Hall–Kier alpha value is -2.81. The topological polar surface area (TPSA) is 76.6 Å². The Morgan fingerprint density at radius 3 is 2.95 bits per heavy atom. The minimum absolute atomic E-state index is 0.0987. The molecule has 0 aliphatic rings. The second-order valence-corrected chi connectivity index (χ2v) is 4.28. The van der Waals surface area contributed by atoms with Crippen LogP contribution in [0.4, 0.5) is 0 Å². The van der Waals surface area contributed by atoms with Crippen molar-refractivity contribution in [3.8, 4) is 11.9 Å². The summed E-state index contributed by atoms with van der Waals surface area (Å²) in [5, 5.41) is 9.12. The quantitative estimate of drug-likeness (QED) is 0.488. The molecule has 0 aliphatic heterocycles. The van der Waals surface area contributed by atoms with Crippen molar-refractivity contribution in [1.29, 1.82) is 5.26 Å². The number of nitrogens with zero attached hydrogens (tertiary/aromatic N) is 3. The summed E-state index contributed by atoms with van der Waals surface area (Å²) in [4.78, 5) is 16.1. The highest BCUT2D eigenvalue weighted by molar-refractivity contribution is 5.98. The fraction of sp³-hybridized carbons (Fsp3) is 0.267. The van der Waals surface area contributed by atoms with E-state index in [1.165, 1.54) is 13.2 Å². The minimum Gasteiger partial charge on any atom is -0.479 e. The van der Waals surface area contributed by atoms with Gasteiger partial charge in [-0.25, -0.2) is 4.79 Å². The fourth-order valence-electron chi connectivity index (χ4n) is 1.97. The summed E-state index contributed by atoms with van der Waals surface area (Å²) in [7, 11) is 1.49. The van der Waals surface area contributed by atoms with Crippen molar-refractivity contribution < 1.29 is 14.3 Å². The molecule has 2 aromatic rings. The average molecular weight is 285 g/mol. The summed E-state index contributed by atoms with van der Waals surface area (Å²) in [5.74, 6) is -0.314. The maximum absolute atomic E-state index is 11.7. The zero-order valence-electron chi connectivity index (χ0n) is 12.1. The molecule has 0 fully saturated rings. The van der Waals surface area contributed by atoms with Crippen LogP contribution in [-0.2, 0) is 9.53 Å². The van der Waals surface area contributed by atoms with E-state index in [4.69, 9.17) is 14.7 Å². The van der Waals surface area contributed by atoms with Crippen molar-refractivity contribution in [2.45, 2.75) is 13.8 Å². The smallest absolute Gasteiger partial charge is 0.348 e. The van der Waals surface area contributed by atoms with Crippen LogP contribution in [-0.4, -0.2) is 29.1 Å². The van der Waals surface area contributed by atoms with Gasteiger partial charge in [0.1, 0.15) is 23.0 Å². The van der Waals surface area contributed by atoms with Gasteiger partial charge in [-0.15, -0.1) is 0 Å². The lowest BCUT2D eigenvalue weighted by molar-refractivity contribution is -0.137. The number of fused-ring (bicyclic) bond motifs is 1. The summed E-state index contributed by atoms with van der Waals surface area (Å²) in [5.41, 5.74) is 2.10. The molecule has 0 amide bonds. The highest BCUT2D eigenvalue weighted by Crippen LogP contribution is 2.24. The molecule has 108 valence electrons. The van der Waals surface area contributed by atoms with Crippen LogP contribution in [0.1, 0.15) is 18.2 Å². The molecule has 2 heterocycles. The third-order valence-corrected chi connectivity index (χ3v) is 2.94. The van der Waals surface area contributed by atoms with Crippen LogP contribution in [0.3, 0.4) is 0 Å².